The number of quaternary nitrogens is 2. The first-order chi connectivity index (χ1) is 2.45. The van der Waals surface area contributed by atoms with E-state index in [9.17, 15) is 0 Å². The average Bonchev–Trinajstić information content (AvgIpc) is 0.592. The van der Waals surface area contributed by atoms with Crippen LogP contribution in [0.5, 0.6) is 0 Å². The van der Waals surface area contributed by atoms with Crippen LogP contribution in [-0.2, 0) is -8.61 Å². The van der Waals surface area contributed by atoms with Crippen LogP contribution in [0.15, 0.2) is 0 Å². The van der Waals surface area contributed by atoms with Gasteiger partial charge in [0.2, 0.25) is 0 Å². The van der Waals surface area contributed by atoms with Gasteiger partial charge in [0, 0.05) is 0 Å². The van der Waals surface area contributed by atoms with E-state index < -0.39 is -8.61 Å². The summed E-state index contributed by atoms with van der Waals surface area (Å²) < 4.78 is -2.35. The molecule has 0 aromatic carbocycles. The van der Waals surface area contributed by atoms with E-state index in [1.807, 2.05) is 0 Å². The predicted molar refractivity (Wildman–Crippen MR) is 96.1 cm³/mol. The molecule has 0 atom stereocenters. The monoisotopic (exact) mass is 990 g/mol. The minimum absolute atomic E-state index is 0. The Kier molecular flexibility index (Phi) is 10.1. The molecular weight excluding hydrogens is 982 g/mol. The fourth-order valence-corrected chi connectivity index (χ4v) is 0. The Morgan fingerprint density at radius 2 is 0.556 bits per heavy atom. The summed E-state index contributed by atoms with van der Waals surface area (Å²) in [6.45, 7) is 0. The molecule has 0 spiro atoms. The van der Waals surface area contributed by atoms with Gasteiger partial charge in [0.05, 0.1) is 0 Å². The van der Waals surface area contributed by atoms with Crippen LogP contribution in [0.2, 0.25) is 0 Å². The predicted octanol–water partition coefficient (Wildman–Crippen LogP) is 6.06. The Hall–Kier alpha value is 4.95. The van der Waals surface area contributed by atoms with Crippen LogP contribution in [0, 0.1) is 0 Å². The van der Waals surface area contributed by atoms with Crippen molar-refractivity contribution in [1.29, 1.82) is 0 Å². The normalized spacial score (nSPS) is 18.0. The van der Waals surface area contributed by atoms with Gasteiger partial charge in [-0.3, -0.25) is 0 Å². The molecule has 9 heavy (non-hydrogen) atoms. The average molecular weight is 990 g/mol. The van der Waals surface area contributed by atoms with Crippen LogP contribution in [-0.4, -0.2) is 0 Å². The summed E-state index contributed by atoms with van der Waals surface area (Å²) in [4.78, 5) is 0. The van der Waals surface area contributed by atoms with Gasteiger partial charge in [0.1, 0.15) is 0 Å². The van der Waals surface area contributed by atoms with Crippen LogP contribution in [0.3, 0.4) is 0 Å². The van der Waals surface area contributed by atoms with E-state index in [2.05, 4.69) is 118 Å². The Balaban J connectivity index is -0.000000180. The zero-order valence-electron chi connectivity index (χ0n) is 4.60. The fourth-order valence-electron chi connectivity index (χ4n) is 0. The Bertz CT molecular complexity index is 69.6. The summed E-state index contributed by atoms with van der Waals surface area (Å²) in [6, 6.07) is 0. The molecule has 9 heteroatoms. The zero-order valence-corrected chi connectivity index (χ0v) is 19.9. The van der Waals surface area contributed by atoms with Crippen molar-refractivity contribution in [1.82, 2.24) is 12.3 Å². The Morgan fingerprint density at radius 1 is 0.556 bits per heavy atom. The third-order valence-electron chi connectivity index (χ3n) is 0. The molecule has 0 aliphatic rings. The van der Waals surface area contributed by atoms with Crippen molar-refractivity contribution in [2.24, 2.45) is 0 Å². The van der Waals surface area contributed by atoms with E-state index in [1.165, 1.54) is 0 Å². The van der Waals surface area contributed by atoms with E-state index in [-0.39, 0.29) is 12.3 Å². The van der Waals surface area contributed by atoms with E-state index in [4.69, 9.17) is 0 Å². The zero-order chi connectivity index (χ0) is 6.41. The molecule has 0 aliphatic carbocycles. The smallest absolute Gasteiger partial charge is 0.369 e. The maximum Gasteiger partial charge on any atom is -0.369 e. The topological polar surface area (TPSA) is 73.0 Å². The minimum atomic E-state index is -2.35. The molecule has 8 N–H and O–H groups in total. The van der Waals surface area contributed by atoms with Crippen LogP contribution in [0.1, 0.15) is 0 Å². The first-order valence-corrected chi connectivity index (χ1v) is 41.5. The summed E-state index contributed by atoms with van der Waals surface area (Å²) in [5.74, 6) is 0. The van der Waals surface area contributed by atoms with E-state index >= 15 is 0 Å². The van der Waals surface area contributed by atoms with Crippen molar-refractivity contribution in [2.45, 2.75) is 0 Å². The SMILES string of the molecule is [I][Ir-2]([I])([I])([I])([I])[I].[NH4+].[NH4+]. The fraction of sp³-hybridized carbons (Fsp3) is 0. The molecule has 0 aromatic rings. The third kappa shape index (κ3) is 63.4. The molecule has 0 aliphatic heterocycles. The molecule has 0 heterocycles. The van der Waals surface area contributed by atoms with Gasteiger partial charge in [0.15, 0.2) is 0 Å². The van der Waals surface area contributed by atoms with Crippen molar-refractivity contribution in [3.8, 4) is 0 Å². The maximum absolute atomic E-state index is 2.57. The van der Waals surface area contributed by atoms with Gasteiger partial charge in [-0.1, -0.05) is 0 Å². The molecule has 0 amide bonds. The molecule has 0 saturated carbocycles. The van der Waals surface area contributed by atoms with E-state index in [0.717, 1.165) is 0 Å². The van der Waals surface area contributed by atoms with Gasteiger partial charge in [-0.05, 0) is 0 Å². The minimum Gasteiger partial charge on any atom is -0.369 e. The molecule has 0 bridgehead atoms. The summed E-state index contributed by atoms with van der Waals surface area (Å²) in [5.41, 5.74) is 0. The maximum atomic E-state index is 2.57. The summed E-state index contributed by atoms with van der Waals surface area (Å²) >= 11 is 15.4. The molecule has 2 nitrogen and oxygen atoms in total. The Morgan fingerprint density at radius 3 is 0.556 bits per heavy atom. The van der Waals surface area contributed by atoms with Crippen LogP contribution in [0.25, 0.3) is 0 Å². The van der Waals surface area contributed by atoms with Crippen LogP contribution >= 0.6 is 118 Å². The number of hydrogen-bond donors (Lipinski definition) is 2. The van der Waals surface area contributed by atoms with Gasteiger partial charge in [-0.15, -0.1) is 0 Å². The second kappa shape index (κ2) is 4.65. The van der Waals surface area contributed by atoms with Gasteiger partial charge in [-0.2, -0.15) is 0 Å². The third-order valence-corrected chi connectivity index (χ3v) is 0. The first kappa shape index (κ1) is 19.5. The molecule has 0 saturated heterocycles. The van der Waals surface area contributed by atoms with Gasteiger partial charge >= 0.3 is 109 Å². The van der Waals surface area contributed by atoms with E-state index in [1.54, 1.807) is 0 Å². The summed E-state index contributed by atoms with van der Waals surface area (Å²) in [6.07, 6.45) is 0. The first-order valence-electron chi connectivity index (χ1n) is 0.756. The van der Waals surface area contributed by atoms with Gasteiger partial charge in [-0.25, -0.2) is 0 Å². The van der Waals surface area contributed by atoms with Crippen molar-refractivity contribution in [3.63, 3.8) is 0 Å². The Labute approximate surface area is 117 Å². The second-order valence-corrected chi connectivity index (χ2v) is 263. The van der Waals surface area contributed by atoms with Crippen molar-refractivity contribution in [2.75, 3.05) is 0 Å². The summed E-state index contributed by atoms with van der Waals surface area (Å²) in [5, 5.41) is 0. The number of halogens is 6. The van der Waals surface area contributed by atoms with Crippen molar-refractivity contribution < 1.29 is -8.61 Å². The largest absolute Gasteiger partial charge is 0.369 e. The van der Waals surface area contributed by atoms with Gasteiger partial charge < -0.3 is 12.3 Å². The van der Waals surface area contributed by atoms with Crippen molar-refractivity contribution in [3.05, 3.63) is 0 Å². The standard InChI is InChI=1S/6HI.Ir.2H3N/h6*1H;;2*1H3/q;;;;;;+4;;/p-4. The molecule has 0 rings (SSSR count). The van der Waals surface area contributed by atoms with Gasteiger partial charge in [0.25, 0.3) is 0 Å². The molecular formula is H8I6IrN2. The number of rotatable bonds is 0. The number of hydrogen-bond acceptors (Lipinski definition) is 0. The van der Waals surface area contributed by atoms with Crippen LogP contribution in [0.4, 0.5) is 0 Å². The summed E-state index contributed by atoms with van der Waals surface area (Å²) in [7, 11) is 0. The molecule has 0 radical (unpaired) electrons. The van der Waals surface area contributed by atoms with Crippen LogP contribution < -0.4 is 12.3 Å². The molecule has 0 aromatic heterocycles. The van der Waals surface area contributed by atoms with Crippen molar-refractivity contribution >= 4 is 118 Å². The quantitative estimate of drug-likeness (QED) is 0.278. The second-order valence-electron chi connectivity index (χ2n) is 0.714. The molecule has 0 unspecified atom stereocenters. The van der Waals surface area contributed by atoms with E-state index in [0.29, 0.717) is 0 Å². The molecule has 69 valence electrons. The molecule has 0 fully saturated rings.